The van der Waals surface area contributed by atoms with Crippen molar-refractivity contribution in [3.63, 3.8) is 0 Å². The highest BCUT2D eigenvalue weighted by Crippen LogP contribution is 2.19. The van der Waals surface area contributed by atoms with Gasteiger partial charge in [0.15, 0.2) is 5.82 Å². The Hall–Kier alpha value is -2.90. The summed E-state index contributed by atoms with van der Waals surface area (Å²) in [6.45, 7) is 0.203. The SMILES string of the molecule is CN(C(=O)NCc1nncn1C)c1ccccc1C(=O)O. The van der Waals surface area contributed by atoms with Gasteiger partial charge in [0.05, 0.1) is 17.8 Å². The Labute approximate surface area is 121 Å². The van der Waals surface area contributed by atoms with Crippen LogP contribution >= 0.6 is 0 Å². The third-order valence-corrected chi connectivity index (χ3v) is 3.00. The predicted molar refractivity (Wildman–Crippen MR) is 75.0 cm³/mol. The van der Waals surface area contributed by atoms with E-state index < -0.39 is 12.0 Å². The molecule has 0 unspecified atom stereocenters. The molecule has 8 nitrogen and oxygen atoms in total. The summed E-state index contributed by atoms with van der Waals surface area (Å²) in [6, 6.07) is 5.88. The quantitative estimate of drug-likeness (QED) is 0.869. The minimum absolute atomic E-state index is 0.0637. The fourth-order valence-electron chi connectivity index (χ4n) is 1.80. The number of para-hydroxylation sites is 1. The maximum absolute atomic E-state index is 12.1. The average Bonchev–Trinajstić information content (AvgIpc) is 2.89. The Morgan fingerprint density at radius 1 is 1.38 bits per heavy atom. The minimum Gasteiger partial charge on any atom is -0.478 e. The Bertz CT molecular complexity index is 667. The molecule has 0 atom stereocenters. The zero-order chi connectivity index (χ0) is 15.4. The summed E-state index contributed by atoms with van der Waals surface area (Å²) >= 11 is 0. The van der Waals surface area contributed by atoms with Crippen molar-refractivity contribution < 1.29 is 14.7 Å². The van der Waals surface area contributed by atoms with Crippen molar-refractivity contribution in [2.75, 3.05) is 11.9 Å². The number of hydrogen-bond acceptors (Lipinski definition) is 4. The van der Waals surface area contributed by atoms with Crippen LogP contribution in [0.3, 0.4) is 0 Å². The van der Waals surface area contributed by atoms with Gasteiger partial charge in [-0.05, 0) is 12.1 Å². The highest BCUT2D eigenvalue weighted by Gasteiger charge is 2.17. The van der Waals surface area contributed by atoms with Crippen LogP contribution in [0.5, 0.6) is 0 Å². The number of anilines is 1. The minimum atomic E-state index is -1.08. The van der Waals surface area contributed by atoms with Gasteiger partial charge in [-0.15, -0.1) is 10.2 Å². The number of carbonyl (C=O) groups is 2. The highest BCUT2D eigenvalue weighted by atomic mass is 16.4. The van der Waals surface area contributed by atoms with Crippen LogP contribution in [0.2, 0.25) is 0 Å². The van der Waals surface area contributed by atoms with E-state index in [2.05, 4.69) is 15.5 Å². The van der Waals surface area contributed by atoms with Crippen LogP contribution in [0.4, 0.5) is 10.5 Å². The number of hydrogen-bond donors (Lipinski definition) is 2. The van der Waals surface area contributed by atoms with E-state index in [9.17, 15) is 9.59 Å². The maximum atomic E-state index is 12.1. The lowest BCUT2D eigenvalue weighted by atomic mass is 10.1. The summed E-state index contributed by atoms with van der Waals surface area (Å²) in [7, 11) is 3.28. The Morgan fingerprint density at radius 3 is 2.71 bits per heavy atom. The number of nitrogens with one attached hydrogen (secondary N) is 1. The van der Waals surface area contributed by atoms with Gasteiger partial charge >= 0.3 is 12.0 Å². The number of carboxylic acids is 1. The first-order valence-electron chi connectivity index (χ1n) is 6.17. The Balaban J connectivity index is 2.09. The molecule has 2 N–H and O–H groups in total. The van der Waals surface area contributed by atoms with Crippen LogP contribution in [0.1, 0.15) is 16.2 Å². The number of carboxylic acid groups (broad SMARTS) is 1. The number of amides is 2. The van der Waals surface area contributed by atoms with E-state index in [1.165, 1.54) is 24.3 Å². The lowest BCUT2D eigenvalue weighted by Gasteiger charge is -2.19. The summed E-state index contributed by atoms with van der Waals surface area (Å²) in [5.41, 5.74) is 0.384. The van der Waals surface area contributed by atoms with Crippen LogP contribution in [0, 0.1) is 0 Å². The van der Waals surface area contributed by atoms with E-state index in [0.717, 1.165) is 0 Å². The number of aromatic nitrogens is 3. The lowest BCUT2D eigenvalue weighted by molar-refractivity contribution is 0.0697. The number of aryl methyl sites for hydroxylation is 1. The molecule has 8 heteroatoms. The second-order valence-electron chi connectivity index (χ2n) is 4.40. The first-order chi connectivity index (χ1) is 10.0. The number of aromatic carboxylic acids is 1. The van der Waals surface area contributed by atoms with E-state index in [-0.39, 0.29) is 12.1 Å². The summed E-state index contributed by atoms with van der Waals surface area (Å²) < 4.78 is 1.69. The van der Waals surface area contributed by atoms with Crippen molar-refractivity contribution in [2.45, 2.75) is 6.54 Å². The molecule has 0 aliphatic rings. The molecular formula is C13H15N5O3. The van der Waals surface area contributed by atoms with Gasteiger partial charge in [-0.2, -0.15) is 0 Å². The molecule has 0 aliphatic heterocycles. The molecular weight excluding hydrogens is 274 g/mol. The summed E-state index contributed by atoms with van der Waals surface area (Å²) in [4.78, 5) is 24.5. The molecule has 110 valence electrons. The second kappa shape index (κ2) is 6.04. The standard InChI is InChI=1S/C13H15N5O3/c1-17-8-15-16-11(17)7-14-13(21)18(2)10-6-4-3-5-9(10)12(19)20/h3-6,8H,7H2,1-2H3,(H,14,21)(H,19,20). The zero-order valence-electron chi connectivity index (χ0n) is 11.6. The molecule has 1 aromatic heterocycles. The van der Waals surface area contributed by atoms with Crippen molar-refractivity contribution in [1.82, 2.24) is 20.1 Å². The molecule has 2 amide bonds. The van der Waals surface area contributed by atoms with Crippen LogP contribution in [0.25, 0.3) is 0 Å². The number of benzene rings is 1. The van der Waals surface area contributed by atoms with E-state index in [0.29, 0.717) is 11.5 Å². The summed E-state index contributed by atoms with van der Waals surface area (Å²) in [5, 5.41) is 19.4. The molecule has 0 spiro atoms. The molecule has 0 saturated heterocycles. The van der Waals surface area contributed by atoms with Gasteiger partial charge in [0.25, 0.3) is 0 Å². The van der Waals surface area contributed by atoms with Gasteiger partial charge in [0.1, 0.15) is 6.33 Å². The molecule has 0 radical (unpaired) electrons. The highest BCUT2D eigenvalue weighted by molar-refractivity contribution is 6.01. The van der Waals surface area contributed by atoms with Crippen LogP contribution in [-0.2, 0) is 13.6 Å². The van der Waals surface area contributed by atoms with Gasteiger partial charge in [-0.25, -0.2) is 9.59 Å². The van der Waals surface area contributed by atoms with E-state index in [1.807, 2.05) is 0 Å². The molecule has 0 aliphatic carbocycles. The molecule has 2 rings (SSSR count). The number of rotatable bonds is 4. The lowest BCUT2D eigenvalue weighted by Crippen LogP contribution is -2.38. The number of urea groups is 1. The third kappa shape index (κ3) is 3.16. The Kier molecular flexibility index (Phi) is 4.17. The van der Waals surface area contributed by atoms with Gasteiger partial charge in [0, 0.05) is 14.1 Å². The number of carbonyl (C=O) groups excluding carboxylic acids is 1. The van der Waals surface area contributed by atoms with E-state index >= 15 is 0 Å². The summed E-state index contributed by atoms with van der Waals surface area (Å²) in [6.07, 6.45) is 1.53. The van der Waals surface area contributed by atoms with Crippen molar-refractivity contribution in [1.29, 1.82) is 0 Å². The normalized spacial score (nSPS) is 10.2. The molecule has 1 heterocycles. The van der Waals surface area contributed by atoms with Crippen LogP contribution in [0.15, 0.2) is 30.6 Å². The van der Waals surface area contributed by atoms with Gasteiger partial charge in [-0.3, -0.25) is 4.90 Å². The zero-order valence-corrected chi connectivity index (χ0v) is 11.6. The third-order valence-electron chi connectivity index (χ3n) is 3.00. The monoisotopic (exact) mass is 289 g/mol. The first kappa shape index (κ1) is 14.5. The fourth-order valence-corrected chi connectivity index (χ4v) is 1.80. The van der Waals surface area contributed by atoms with Gasteiger partial charge in [0.2, 0.25) is 0 Å². The molecule has 2 aromatic rings. The summed E-state index contributed by atoms with van der Waals surface area (Å²) in [5.74, 6) is -0.484. The largest absolute Gasteiger partial charge is 0.478 e. The van der Waals surface area contributed by atoms with E-state index in [4.69, 9.17) is 5.11 Å². The van der Waals surface area contributed by atoms with Crippen molar-refractivity contribution in [2.24, 2.45) is 7.05 Å². The molecule has 0 saturated carbocycles. The second-order valence-corrected chi connectivity index (χ2v) is 4.40. The maximum Gasteiger partial charge on any atom is 0.337 e. The van der Waals surface area contributed by atoms with Crippen molar-refractivity contribution >= 4 is 17.7 Å². The molecule has 21 heavy (non-hydrogen) atoms. The fraction of sp³-hybridized carbons (Fsp3) is 0.231. The Morgan fingerprint density at radius 2 is 2.10 bits per heavy atom. The van der Waals surface area contributed by atoms with Gasteiger partial charge in [-0.1, -0.05) is 12.1 Å². The van der Waals surface area contributed by atoms with E-state index in [1.54, 1.807) is 29.8 Å². The average molecular weight is 289 g/mol. The van der Waals surface area contributed by atoms with Gasteiger partial charge < -0.3 is 15.0 Å². The molecule has 0 bridgehead atoms. The smallest absolute Gasteiger partial charge is 0.337 e. The van der Waals surface area contributed by atoms with Crippen LogP contribution < -0.4 is 10.2 Å². The molecule has 1 aromatic carbocycles. The number of nitrogens with zero attached hydrogens (tertiary/aromatic N) is 4. The van der Waals surface area contributed by atoms with Crippen LogP contribution in [-0.4, -0.2) is 38.9 Å². The molecule has 0 fully saturated rings. The van der Waals surface area contributed by atoms with Crippen molar-refractivity contribution in [3.05, 3.63) is 42.0 Å². The van der Waals surface area contributed by atoms with Crippen molar-refractivity contribution in [3.8, 4) is 0 Å². The predicted octanol–water partition coefficient (Wildman–Crippen LogP) is 0.859. The first-order valence-corrected chi connectivity index (χ1v) is 6.17. The topological polar surface area (TPSA) is 100 Å².